The molecule has 0 aliphatic heterocycles. The van der Waals surface area contributed by atoms with Crippen LogP contribution in [-0.2, 0) is 4.79 Å². The molecule has 1 aliphatic carbocycles. The second kappa shape index (κ2) is 6.81. The van der Waals surface area contributed by atoms with Gasteiger partial charge in [0.2, 0.25) is 0 Å². The maximum Gasteiger partial charge on any atom is 0.146 e. The molecule has 1 fully saturated rings. The Balaban J connectivity index is 1.87. The van der Waals surface area contributed by atoms with Crippen molar-refractivity contribution in [2.75, 3.05) is 5.75 Å². The monoisotopic (exact) mass is 296 g/mol. The third kappa shape index (κ3) is 4.54. The summed E-state index contributed by atoms with van der Waals surface area (Å²) in [5, 5.41) is 0.734. The number of halogens is 1. The average Bonchev–Trinajstić information content (AvgIpc) is 2.35. The van der Waals surface area contributed by atoms with Gasteiger partial charge >= 0.3 is 0 Å². The minimum atomic E-state index is 0.269. The summed E-state index contributed by atoms with van der Waals surface area (Å²) in [6.45, 7) is 4.53. The first-order chi connectivity index (χ1) is 9.04. The average molecular weight is 297 g/mol. The van der Waals surface area contributed by atoms with Crippen LogP contribution in [0.2, 0.25) is 5.02 Å². The molecule has 2 unspecified atom stereocenters. The zero-order valence-electron chi connectivity index (χ0n) is 11.6. The SMILES string of the molecule is CC1CC(C)CC(C(=O)CSc2cccc(Cl)c2)C1. The van der Waals surface area contributed by atoms with Crippen LogP contribution in [0, 0.1) is 17.8 Å². The predicted octanol–water partition coefficient (Wildman–Crippen LogP) is 5.07. The highest BCUT2D eigenvalue weighted by Gasteiger charge is 2.28. The Morgan fingerprint density at radius 1 is 1.26 bits per heavy atom. The second-order valence-electron chi connectivity index (χ2n) is 5.83. The Morgan fingerprint density at radius 3 is 2.58 bits per heavy atom. The molecular weight excluding hydrogens is 276 g/mol. The van der Waals surface area contributed by atoms with Crippen LogP contribution in [0.15, 0.2) is 29.2 Å². The number of hydrogen-bond acceptors (Lipinski definition) is 2. The smallest absolute Gasteiger partial charge is 0.146 e. The molecular formula is C16H21ClOS. The van der Waals surface area contributed by atoms with Gasteiger partial charge in [0.25, 0.3) is 0 Å². The summed E-state index contributed by atoms with van der Waals surface area (Å²) in [5.74, 6) is 2.63. The lowest BCUT2D eigenvalue weighted by Gasteiger charge is -2.30. The van der Waals surface area contributed by atoms with Gasteiger partial charge in [-0.1, -0.05) is 31.5 Å². The Morgan fingerprint density at radius 2 is 1.95 bits per heavy atom. The van der Waals surface area contributed by atoms with Crippen LogP contribution < -0.4 is 0 Å². The van der Waals surface area contributed by atoms with E-state index >= 15 is 0 Å². The molecule has 0 amide bonds. The summed E-state index contributed by atoms with van der Waals surface area (Å²) in [6, 6.07) is 7.72. The highest BCUT2D eigenvalue weighted by atomic mass is 35.5. The number of benzene rings is 1. The van der Waals surface area contributed by atoms with E-state index in [9.17, 15) is 4.79 Å². The number of carbonyl (C=O) groups is 1. The third-order valence-electron chi connectivity index (χ3n) is 3.81. The molecule has 0 saturated heterocycles. The number of hydrogen-bond donors (Lipinski definition) is 0. The van der Waals surface area contributed by atoms with Gasteiger partial charge in [-0.2, -0.15) is 0 Å². The van der Waals surface area contributed by atoms with Crippen molar-refractivity contribution >= 4 is 29.1 Å². The maximum absolute atomic E-state index is 12.3. The molecule has 0 spiro atoms. The molecule has 1 nitrogen and oxygen atoms in total. The predicted molar refractivity (Wildman–Crippen MR) is 82.9 cm³/mol. The molecule has 3 heteroatoms. The van der Waals surface area contributed by atoms with Gasteiger partial charge in [0.15, 0.2) is 0 Å². The van der Waals surface area contributed by atoms with Gasteiger partial charge in [0.1, 0.15) is 5.78 Å². The highest BCUT2D eigenvalue weighted by Crippen LogP contribution is 2.34. The lowest BCUT2D eigenvalue weighted by Crippen LogP contribution is -2.27. The van der Waals surface area contributed by atoms with Crippen molar-refractivity contribution in [3.63, 3.8) is 0 Å². The zero-order valence-corrected chi connectivity index (χ0v) is 13.1. The van der Waals surface area contributed by atoms with Crippen LogP contribution in [0.5, 0.6) is 0 Å². The van der Waals surface area contributed by atoms with E-state index in [1.54, 1.807) is 11.8 Å². The van der Waals surface area contributed by atoms with Crippen molar-refractivity contribution < 1.29 is 4.79 Å². The molecule has 0 heterocycles. The van der Waals surface area contributed by atoms with Crippen LogP contribution in [0.3, 0.4) is 0 Å². The van der Waals surface area contributed by atoms with Crippen LogP contribution >= 0.6 is 23.4 Å². The van der Waals surface area contributed by atoms with Crippen molar-refractivity contribution in [2.45, 2.75) is 38.0 Å². The summed E-state index contributed by atoms with van der Waals surface area (Å²) in [4.78, 5) is 13.4. The summed E-state index contributed by atoms with van der Waals surface area (Å²) in [7, 11) is 0. The first-order valence-electron chi connectivity index (χ1n) is 6.95. The Bertz CT molecular complexity index is 436. The lowest BCUT2D eigenvalue weighted by molar-refractivity contribution is -0.122. The Labute approximate surface area is 125 Å². The van der Waals surface area contributed by atoms with Gasteiger partial charge in [-0.3, -0.25) is 4.79 Å². The molecule has 1 aromatic rings. The van der Waals surface area contributed by atoms with E-state index in [0.717, 1.165) is 22.8 Å². The van der Waals surface area contributed by atoms with E-state index in [0.29, 0.717) is 23.4 Å². The van der Waals surface area contributed by atoms with Gasteiger partial charge in [-0.15, -0.1) is 11.8 Å². The maximum atomic E-state index is 12.3. The normalized spacial score (nSPS) is 27.2. The summed E-state index contributed by atoms with van der Waals surface area (Å²) < 4.78 is 0. The zero-order chi connectivity index (χ0) is 13.8. The van der Waals surface area contributed by atoms with Crippen LogP contribution in [0.4, 0.5) is 0 Å². The molecule has 0 N–H and O–H groups in total. The molecule has 1 aliphatic rings. The summed E-state index contributed by atoms with van der Waals surface area (Å²) in [6.07, 6.45) is 3.41. The van der Waals surface area contributed by atoms with Gasteiger partial charge in [0, 0.05) is 15.8 Å². The molecule has 2 atom stereocenters. The minimum absolute atomic E-state index is 0.269. The van der Waals surface area contributed by atoms with Crippen LogP contribution in [-0.4, -0.2) is 11.5 Å². The fourth-order valence-electron chi connectivity index (χ4n) is 3.04. The lowest BCUT2D eigenvalue weighted by atomic mass is 9.75. The molecule has 0 aromatic heterocycles. The van der Waals surface area contributed by atoms with Gasteiger partial charge < -0.3 is 0 Å². The molecule has 0 radical (unpaired) electrons. The van der Waals surface area contributed by atoms with E-state index in [4.69, 9.17) is 11.6 Å². The van der Waals surface area contributed by atoms with E-state index in [2.05, 4.69) is 13.8 Å². The minimum Gasteiger partial charge on any atom is -0.298 e. The fraction of sp³-hybridized carbons (Fsp3) is 0.562. The Kier molecular flexibility index (Phi) is 5.35. The quantitative estimate of drug-likeness (QED) is 0.721. The van der Waals surface area contributed by atoms with Crippen molar-refractivity contribution in [1.82, 2.24) is 0 Å². The third-order valence-corrected chi connectivity index (χ3v) is 5.06. The number of carbonyl (C=O) groups excluding carboxylic acids is 1. The molecule has 2 rings (SSSR count). The topological polar surface area (TPSA) is 17.1 Å². The van der Waals surface area contributed by atoms with Gasteiger partial charge in [-0.25, -0.2) is 0 Å². The van der Waals surface area contributed by atoms with E-state index in [1.807, 2.05) is 24.3 Å². The van der Waals surface area contributed by atoms with E-state index in [-0.39, 0.29) is 5.92 Å². The standard InChI is InChI=1S/C16H21ClOS/c1-11-6-12(2)8-13(7-11)16(18)10-19-15-5-3-4-14(17)9-15/h3-5,9,11-13H,6-8,10H2,1-2H3. The highest BCUT2D eigenvalue weighted by molar-refractivity contribution is 8.00. The van der Waals surface area contributed by atoms with Crippen molar-refractivity contribution in [3.05, 3.63) is 29.3 Å². The van der Waals surface area contributed by atoms with Gasteiger partial charge in [-0.05, 0) is 49.3 Å². The first-order valence-corrected chi connectivity index (χ1v) is 8.32. The fourth-order valence-corrected chi connectivity index (χ4v) is 4.22. The molecule has 1 saturated carbocycles. The molecule has 19 heavy (non-hydrogen) atoms. The summed E-state index contributed by atoms with van der Waals surface area (Å²) >= 11 is 7.55. The van der Waals surface area contributed by atoms with Crippen molar-refractivity contribution in [3.8, 4) is 0 Å². The number of thioether (sulfide) groups is 1. The largest absolute Gasteiger partial charge is 0.298 e. The van der Waals surface area contributed by atoms with Crippen molar-refractivity contribution in [1.29, 1.82) is 0 Å². The van der Waals surface area contributed by atoms with Crippen LogP contribution in [0.25, 0.3) is 0 Å². The number of rotatable bonds is 4. The van der Waals surface area contributed by atoms with E-state index < -0.39 is 0 Å². The first kappa shape index (κ1) is 14.9. The van der Waals surface area contributed by atoms with Crippen LogP contribution in [0.1, 0.15) is 33.1 Å². The number of ketones is 1. The summed E-state index contributed by atoms with van der Waals surface area (Å²) in [5.41, 5.74) is 0. The van der Waals surface area contributed by atoms with Gasteiger partial charge in [0.05, 0.1) is 5.75 Å². The molecule has 104 valence electrons. The molecule has 0 bridgehead atoms. The molecule has 1 aromatic carbocycles. The second-order valence-corrected chi connectivity index (χ2v) is 7.31. The van der Waals surface area contributed by atoms with Crippen molar-refractivity contribution in [2.24, 2.45) is 17.8 Å². The Hall–Kier alpha value is -0.470. The van der Waals surface area contributed by atoms with E-state index in [1.165, 1.54) is 6.42 Å². The number of Topliss-reactive ketones (excluding diaryl/α,β-unsaturated/α-hetero) is 1.